The topological polar surface area (TPSA) is 119 Å². The normalized spacial score (nSPS) is 10.1. The summed E-state index contributed by atoms with van der Waals surface area (Å²) in [6, 6.07) is 11.0. The summed E-state index contributed by atoms with van der Waals surface area (Å²) < 4.78 is 15.2. The van der Waals surface area contributed by atoms with Crippen LogP contribution < -0.4 is 14.4 Å². The molecule has 0 radical (unpaired) electrons. The van der Waals surface area contributed by atoms with Crippen LogP contribution in [0.25, 0.3) is 0 Å². The molecule has 1 N–H and O–H groups in total. The quantitative estimate of drug-likeness (QED) is 0.519. The fraction of sp³-hybridized carbons (Fsp3) is 0.200. The van der Waals surface area contributed by atoms with Gasteiger partial charge in [-0.15, -0.1) is 0 Å². The van der Waals surface area contributed by atoms with E-state index in [-0.39, 0.29) is 28.8 Å². The molecule has 9 nitrogen and oxygen atoms in total. The molecule has 10 heteroatoms. The molecule has 0 saturated carbocycles. The van der Waals surface area contributed by atoms with Crippen LogP contribution in [0.4, 0.5) is 10.5 Å². The average Bonchev–Trinajstić information content (AvgIpc) is 2.66. The van der Waals surface area contributed by atoms with E-state index in [1.165, 1.54) is 0 Å². The Morgan fingerprint density at radius 2 is 1.53 bits per heavy atom. The summed E-state index contributed by atoms with van der Waals surface area (Å²) in [6.07, 6.45) is -0.989. The van der Waals surface area contributed by atoms with E-state index in [0.29, 0.717) is 5.56 Å². The number of carbonyl (C=O) groups excluding carboxylic acids is 3. The molecule has 0 spiro atoms. The van der Waals surface area contributed by atoms with Gasteiger partial charge in [0.25, 0.3) is 0 Å². The lowest BCUT2D eigenvalue weighted by atomic mass is 10.2. The van der Waals surface area contributed by atoms with Crippen LogP contribution in [0.5, 0.6) is 11.5 Å². The molecule has 30 heavy (non-hydrogen) atoms. The minimum atomic E-state index is -1.33. The number of carboxylic acids is 1. The van der Waals surface area contributed by atoms with Crippen LogP contribution in [0.1, 0.15) is 19.4 Å². The molecule has 0 fully saturated rings. The number of amides is 1. The highest BCUT2D eigenvalue weighted by molar-refractivity contribution is 6.34. The predicted octanol–water partition coefficient (Wildman–Crippen LogP) is 3.42. The minimum absolute atomic E-state index is 0.101. The monoisotopic (exact) mass is 435 g/mol. The molecule has 0 unspecified atom stereocenters. The second kappa shape index (κ2) is 10.3. The highest BCUT2D eigenvalue weighted by Crippen LogP contribution is 2.39. The van der Waals surface area contributed by atoms with E-state index in [0.717, 1.165) is 30.9 Å². The summed E-state index contributed by atoms with van der Waals surface area (Å²) in [5, 5.41) is 9.09. The Balaban J connectivity index is 2.39. The van der Waals surface area contributed by atoms with Gasteiger partial charge in [0.15, 0.2) is 11.5 Å². The first kappa shape index (κ1) is 22.7. The molecule has 158 valence electrons. The summed E-state index contributed by atoms with van der Waals surface area (Å²) in [4.78, 5) is 47.3. The highest BCUT2D eigenvalue weighted by atomic mass is 35.5. The van der Waals surface area contributed by atoms with E-state index in [1.807, 2.05) is 0 Å². The number of anilines is 1. The SMILES string of the molecule is CC(=O)Oc1cc(Cl)c(N(CC(=O)O)C(=O)OCc2ccccc2)cc1OC(C)=O. The van der Waals surface area contributed by atoms with Crippen LogP contribution in [0.2, 0.25) is 5.02 Å². The Labute approximate surface area is 176 Å². The van der Waals surface area contributed by atoms with Crippen LogP contribution in [0, 0.1) is 0 Å². The maximum absolute atomic E-state index is 12.6. The van der Waals surface area contributed by atoms with Crippen molar-refractivity contribution in [1.29, 1.82) is 0 Å². The molecule has 0 aromatic heterocycles. The molecule has 2 aromatic rings. The zero-order valence-corrected chi connectivity index (χ0v) is 16.8. The standard InChI is InChI=1S/C20H18ClNO8/c1-12(23)29-17-8-15(21)16(9-18(17)30-13(2)24)22(10-19(25)26)20(27)28-11-14-6-4-3-5-7-14/h3-9H,10-11H2,1-2H3,(H,25,26). The first-order valence-electron chi connectivity index (χ1n) is 8.57. The van der Waals surface area contributed by atoms with Gasteiger partial charge >= 0.3 is 24.0 Å². The van der Waals surface area contributed by atoms with Gasteiger partial charge in [-0.1, -0.05) is 41.9 Å². The number of rotatable bonds is 7. The lowest BCUT2D eigenvalue weighted by molar-refractivity contribution is -0.135. The molecule has 0 heterocycles. The number of hydrogen-bond acceptors (Lipinski definition) is 7. The third-order valence-electron chi connectivity index (χ3n) is 3.53. The molecule has 0 aliphatic heterocycles. The molecule has 0 atom stereocenters. The van der Waals surface area contributed by atoms with Crippen molar-refractivity contribution < 1.29 is 38.5 Å². The van der Waals surface area contributed by atoms with E-state index in [2.05, 4.69) is 0 Å². The van der Waals surface area contributed by atoms with Crippen molar-refractivity contribution in [3.8, 4) is 11.5 Å². The van der Waals surface area contributed by atoms with Crippen molar-refractivity contribution in [3.05, 3.63) is 53.1 Å². The molecule has 0 aliphatic carbocycles. The number of esters is 2. The van der Waals surface area contributed by atoms with Crippen molar-refractivity contribution in [2.24, 2.45) is 0 Å². The van der Waals surface area contributed by atoms with Crippen molar-refractivity contribution >= 4 is 41.3 Å². The van der Waals surface area contributed by atoms with Crippen LogP contribution in [-0.4, -0.2) is 35.7 Å². The fourth-order valence-electron chi connectivity index (χ4n) is 2.38. The van der Waals surface area contributed by atoms with Gasteiger partial charge < -0.3 is 19.3 Å². The number of aliphatic carboxylic acids is 1. The number of hydrogen-bond donors (Lipinski definition) is 1. The lowest BCUT2D eigenvalue weighted by Crippen LogP contribution is -2.36. The van der Waals surface area contributed by atoms with E-state index in [9.17, 15) is 24.3 Å². The van der Waals surface area contributed by atoms with Crippen molar-refractivity contribution in [1.82, 2.24) is 0 Å². The van der Waals surface area contributed by atoms with Gasteiger partial charge in [-0.05, 0) is 5.56 Å². The van der Waals surface area contributed by atoms with Gasteiger partial charge in [-0.3, -0.25) is 19.3 Å². The Morgan fingerprint density at radius 3 is 2.07 bits per heavy atom. The third-order valence-corrected chi connectivity index (χ3v) is 3.83. The Kier molecular flexibility index (Phi) is 7.76. The molecule has 1 amide bonds. The summed E-state index contributed by atoms with van der Waals surface area (Å²) in [5.41, 5.74) is 0.585. The van der Waals surface area contributed by atoms with Crippen LogP contribution in [-0.2, 0) is 25.7 Å². The molecule has 2 rings (SSSR count). The fourth-order valence-corrected chi connectivity index (χ4v) is 2.64. The largest absolute Gasteiger partial charge is 0.480 e. The van der Waals surface area contributed by atoms with E-state index < -0.39 is 30.5 Å². The molecular weight excluding hydrogens is 418 g/mol. The van der Waals surface area contributed by atoms with E-state index >= 15 is 0 Å². The number of nitrogens with zero attached hydrogens (tertiary/aromatic N) is 1. The van der Waals surface area contributed by atoms with Crippen molar-refractivity contribution in [2.75, 3.05) is 11.4 Å². The molecule has 0 bridgehead atoms. The Morgan fingerprint density at radius 1 is 0.967 bits per heavy atom. The summed E-state index contributed by atoms with van der Waals surface area (Å²) >= 11 is 6.19. The first-order chi connectivity index (χ1) is 14.2. The highest BCUT2D eigenvalue weighted by Gasteiger charge is 2.26. The molecular formula is C20H18ClNO8. The van der Waals surface area contributed by atoms with Gasteiger partial charge in [0, 0.05) is 26.0 Å². The summed E-state index contributed by atoms with van der Waals surface area (Å²) in [5.74, 6) is -3.14. The average molecular weight is 436 g/mol. The second-order valence-corrected chi connectivity index (χ2v) is 6.36. The summed E-state index contributed by atoms with van der Waals surface area (Å²) in [7, 11) is 0. The van der Waals surface area contributed by atoms with Crippen molar-refractivity contribution in [3.63, 3.8) is 0 Å². The molecule has 2 aromatic carbocycles. The third kappa shape index (κ3) is 6.49. The van der Waals surface area contributed by atoms with Crippen LogP contribution in [0.15, 0.2) is 42.5 Å². The van der Waals surface area contributed by atoms with Crippen molar-refractivity contribution in [2.45, 2.75) is 20.5 Å². The number of benzene rings is 2. The van der Waals surface area contributed by atoms with E-state index in [4.69, 9.17) is 25.8 Å². The Bertz CT molecular complexity index is 961. The number of halogens is 1. The lowest BCUT2D eigenvalue weighted by Gasteiger charge is -2.23. The summed E-state index contributed by atoms with van der Waals surface area (Å²) in [6.45, 7) is 1.38. The smallest absolute Gasteiger partial charge is 0.415 e. The number of ether oxygens (including phenoxy) is 3. The Hall–Kier alpha value is -3.59. The van der Waals surface area contributed by atoms with E-state index in [1.54, 1.807) is 30.3 Å². The number of carboxylic acid groups (broad SMARTS) is 1. The molecule has 0 aliphatic rings. The van der Waals surface area contributed by atoms with Gasteiger partial charge in [-0.2, -0.15) is 0 Å². The van der Waals surface area contributed by atoms with Gasteiger partial charge in [0.2, 0.25) is 0 Å². The van der Waals surface area contributed by atoms with Crippen LogP contribution >= 0.6 is 11.6 Å². The first-order valence-corrected chi connectivity index (χ1v) is 8.95. The number of carbonyl (C=O) groups is 4. The maximum atomic E-state index is 12.6. The van der Waals surface area contributed by atoms with Gasteiger partial charge in [0.1, 0.15) is 13.2 Å². The van der Waals surface area contributed by atoms with Crippen LogP contribution in [0.3, 0.4) is 0 Å². The van der Waals surface area contributed by atoms with Gasteiger partial charge in [0.05, 0.1) is 10.7 Å². The predicted molar refractivity (Wildman–Crippen MR) is 106 cm³/mol. The maximum Gasteiger partial charge on any atom is 0.415 e. The molecule has 0 saturated heterocycles. The zero-order chi connectivity index (χ0) is 22.3. The second-order valence-electron chi connectivity index (χ2n) is 5.96. The minimum Gasteiger partial charge on any atom is -0.480 e. The van der Waals surface area contributed by atoms with Gasteiger partial charge in [-0.25, -0.2) is 4.79 Å². The zero-order valence-electron chi connectivity index (χ0n) is 16.1.